The average molecular weight is 252 g/mol. The topological polar surface area (TPSA) is 50.4 Å². The van der Waals surface area contributed by atoms with Gasteiger partial charge in [0.05, 0.1) is 19.1 Å². The summed E-state index contributed by atoms with van der Waals surface area (Å²) in [4.78, 5) is 11.7. The van der Waals surface area contributed by atoms with Crippen molar-refractivity contribution >= 4 is 5.91 Å². The normalized spacial score (nSPS) is 19.5. The zero-order chi connectivity index (χ0) is 12.8. The highest BCUT2D eigenvalue weighted by Gasteiger charge is 2.14. The molecule has 2 N–H and O–H groups in total. The molecule has 5 heteroatoms. The van der Waals surface area contributed by atoms with Crippen molar-refractivity contribution in [2.45, 2.75) is 12.5 Å². The fourth-order valence-corrected chi connectivity index (χ4v) is 1.87. The van der Waals surface area contributed by atoms with Gasteiger partial charge in [-0.2, -0.15) is 0 Å². The lowest BCUT2D eigenvalue weighted by Gasteiger charge is -2.23. The minimum Gasteiger partial charge on any atom is -0.374 e. The Bertz CT molecular complexity index is 406. The summed E-state index contributed by atoms with van der Waals surface area (Å²) in [7, 11) is 0. The Balaban J connectivity index is 1.74. The van der Waals surface area contributed by atoms with Crippen LogP contribution in [0.15, 0.2) is 24.3 Å². The molecule has 1 atom stereocenters. The number of benzene rings is 1. The first-order valence-electron chi connectivity index (χ1n) is 6.07. The second kappa shape index (κ2) is 6.47. The van der Waals surface area contributed by atoms with Crippen LogP contribution in [0.25, 0.3) is 0 Å². The van der Waals surface area contributed by atoms with Crippen molar-refractivity contribution in [2.24, 2.45) is 0 Å². The van der Waals surface area contributed by atoms with Crippen LogP contribution >= 0.6 is 0 Å². The minimum absolute atomic E-state index is 0.0233. The molecule has 18 heavy (non-hydrogen) atoms. The van der Waals surface area contributed by atoms with Gasteiger partial charge in [-0.3, -0.25) is 4.79 Å². The number of carbonyl (C=O) groups excluding carboxylic acids is 1. The number of carbonyl (C=O) groups is 1. The second-order valence-corrected chi connectivity index (χ2v) is 4.31. The summed E-state index contributed by atoms with van der Waals surface area (Å²) >= 11 is 0. The quantitative estimate of drug-likeness (QED) is 0.819. The molecule has 1 amide bonds. The predicted molar refractivity (Wildman–Crippen MR) is 65.7 cm³/mol. The molecular weight excluding hydrogens is 235 g/mol. The van der Waals surface area contributed by atoms with Crippen molar-refractivity contribution in [1.29, 1.82) is 0 Å². The first-order chi connectivity index (χ1) is 8.74. The van der Waals surface area contributed by atoms with Gasteiger partial charge in [0, 0.05) is 19.6 Å². The van der Waals surface area contributed by atoms with Gasteiger partial charge in [-0.1, -0.05) is 12.1 Å². The summed E-state index contributed by atoms with van der Waals surface area (Å²) in [5.41, 5.74) is 0.676. The fourth-order valence-electron chi connectivity index (χ4n) is 1.87. The van der Waals surface area contributed by atoms with Crippen LogP contribution in [0.3, 0.4) is 0 Å². The third-order valence-corrected chi connectivity index (χ3v) is 2.79. The monoisotopic (exact) mass is 252 g/mol. The molecule has 1 heterocycles. The number of rotatable bonds is 4. The van der Waals surface area contributed by atoms with Crippen molar-refractivity contribution in [1.82, 2.24) is 10.6 Å². The number of ether oxygens (including phenoxy) is 1. The first-order valence-corrected chi connectivity index (χ1v) is 6.07. The Kier molecular flexibility index (Phi) is 4.66. The standard InChI is InChI=1S/C13H17FN2O2/c14-11-3-1-2-10(6-11)7-13(17)16-9-12-8-15-4-5-18-12/h1-3,6,12,15H,4-5,7-9H2,(H,16,17). The summed E-state index contributed by atoms with van der Waals surface area (Å²) in [5.74, 6) is -0.435. The predicted octanol–water partition coefficient (Wildman–Crippen LogP) is 0.473. The number of nitrogens with one attached hydrogen (secondary N) is 2. The van der Waals surface area contributed by atoms with E-state index in [9.17, 15) is 9.18 Å². The third kappa shape index (κ3) is 4.09. The molecule has 1 aliphatic heterocycles. The van der Waals surface area contributed by atoms with E-state index in [0.29, 0.717) is 18.7 Å². The average Bonchev–Trinajstić information content (AvgIpc) is 2.38. The Morgan fingerprint density at radius 3 is 3.17 bits per heavy atom. The molecule has 4 nitrogen and oxygen atoms in total. The molecular formula is C13H17FN2O2. The molecule has 2 rings (SSSR count). The van der Waals surface area contributed by atoms with E-state index in [1.54, 1.807) is 12.1 Å². The molecule has 1 aromatic rings. The third-order valence-electron chi connectivity index (χ3n) is 2.79. The molecule has 0 spiro atoms. The maximum atomic E-state index is 12.9. The molecule has 98 valence electrons. The Morgan fingerprint density at radius 1 is 1.56 bits per heavy atom. The number of hydrogen-bond acceptors (Lipinski definition) is 3. The lowest BCUT2D eigenvalue weighted by atomic mass is 10.1. The van der Waals surface area contributed by atoms with Crippen molar-refractivity contribution in [2.75, 3.05) is 26.2 Å². The van der Waals surface area contributed by atoms with E-state index in [0.717, 1.165) is 13.1 Å². The summed E-state index contributed by atoms with van der Waals surface area (Å²) in [5, 5.41) is 5.98. The van der Waals surface area contributed by atoms with Crippen LogP contribution in [0.5, 0.6) is 0 Å². The lowest BCUT2D eigenvalue weighted by molar-refractivity contribution is -0.121. The highest BCUT2D eigenvalue weighted by atomic mass is 19.1. The van der Waals surface area contributed by atoms with Crippen molar-refractivity contribution in [3.63, 3.8) is 0 Å². The molecule has 1 unspecified atom stereocenters. The van der Waals surface area contributed by atoms with E-state index >= 15 is 0 Å². The van der Waals surface area contributed by atoms with Gasteiger partial charge >= 0.3 is 0 Å². The van der Waals surface area contributed by atoms with Gasteiger partial charge in [0.15, 0.2) is 0 Å². The molecule has 0 aromatic heterocycles. The number of halogens is 1. The van der Waals surface area contributed by atoms with Gasteiger partial charge in [-0.15, -0.1) is 0 Å². The highest BCUT2D eigenvalue weighted by Crippen LogP contribution is 2.04. The van der Waals surface area contributed by atoms with Crippen LogP contribution in [-0.2, 0) is 16.0 Å². The van der Waals surface area contributed by atoms with Crippen molar-refractivity contribution < 1.29 is 13.9 Å². The van der Waals surface area contributed by atoms with Gasteiger partial charge in [-0.25, -0.2) is 4.39 Å². The van der Waals surface area contributed by atoms with Crippen LogP contribution < -0.4 is 10.6 Å². The summed E-state index contributed by atoms with van der Waals surface area (Å²) in [6.07, 6.45) is 0.216. The van der Waals surface area contributed by atoms with Crippen LogP contribution in [0.1, 0.15) is 5.56 Å². The Morgan fingerprint density at radius 2 is 2.44 bits per heavy atom. The second-order valence-electron chi connectivity index (χ2n) is 4.31. The lowest BCUT2D eigenvalue weighted by Crippen LogP contribution is -2.45. The molecule has 1 aliphatic rings. The van der Waals surface area contributed by atoms with Gasteiger partial charge in [-0.05, 0) is 17.7 Å². The zero-order valence-electron chi connectivity index (χ0n) is 10.1. The van der Waals surface area contributed by atoms with E-state index in [-0.39, 0.29) is 24.2 Å². The maximum absolute atomic E-state index is 12.9. The van der Waals surface area contributed by atoms with Gasteiger partial charge in [0.2, 0.25) is 5.91 Å². The van der Waals surface area contributed by atoms with E-state index in [4.69, 9.17) is 4.74 Å². The fraction of sp³-hybridized carbons (Fsp3) is 0.462. The molecule has 0 saturated carbocycles. The van der Waals surface area contributed by atoms with Crippen molar-refractivity contribution in [3.05, 3.63) is 35.6 Å². The van der Waals surface area contributed by atoms with E-state index in [2.05, 4.69) is 10.6 Å². The van der Waals surface area contributed by atoms with Crippen LogP contribution in [0, 0.1) is 5.82 Å². The van der Waals surface area contributed by atoms with Gasteiger partial charge in [0.1, 0.15) is 5.82 Å². The molecule has 1 aromatic carbocycles. The number of morpholine rings is 1. The number of hydrogen-bond donors (Lipinski definition) is 2. The molecule has 0 radical (unpaired) electrons. The van der Waals surface area contributed by atoms with Crippen LogP contribution in [0.4, 0.5) is 4.39 Å². The Labute approximate surface area is 106 Å². The molecule has 1 saturated heterocycles. The summed E-state index contributed by atoms with van der Waals surface area (Å²) < 4.78 is 18.4. The van der Waals surface area contributed by atoms with E-state index in [1.807, 2.05) is 0 Å². The van der Waals surface area contributed by atoms with Crippen LogP contribution in [0.2, 0.25) is 0 Å². The SMILES string of the molecule is O=C(Cc1cccc(F)c1)NCC1CNCCO1. The molecule has 1 fully saturated rings. The largest absolute Gasteiger partial charge is 0.374 e. The van der Waals surface area contributed by atoms with Gasteiger partial charge in [0.25, 0.3) is 0 Å². The molecule has 0 aliphatic carbocycles. The Hall–Kier alpha value is -1.46. The first kappa shape index (κ1) is 13.0. The van der Waals surface area contributed by atoms with Crippen LogP contribution in [-0.4, -0.2) is 38.3 Å². The molecule has 0 bridgehead atoms. The van der Waals surface area contributed by atoms with E-state index in [1.165, 1.54) is 12.1 Å². The highest BCUT2D eigenvalue weighted by molar-refractivity contribution is 5.78. The van der Waals surface area contributed by atoms with Gasteiger partial charge < -0.3 is 15.4 Å². The summed E-state index contributed by atoms with van der Waals surface area (Å²) in [6.45, 7) is 2.76. The number of amides is 1. The zero-order valence-corrected chi connectivity index (χ0v) is 10.1. The summed E-state index contributed by atoms with van der Waals surface area (Å²) in [6, 6.07) is 6.08. The smallest absolute Gasteiger partial charge is 0.224 e. The van der Waals surface area contributed by atoms with E-state index < -0.39 is 0 Å². The maximum Gasteiger partial charge on any atom is 0.224 e. The van der Waals surface area contributed by atoms with Crippen molar-refractivity contribution in [3.8, 4) is 0 Å². The minimum atomic E-state index is -0.319.